The van der Waals surface area contributed by atoms with Gasteiger partial charge in [0.15, 0.2) is 0 Å². The minimum atomic E-state index is -0.0453. The largest absolute Gasteiger partial charge is 0.349 e. The number of rotatable bonds is 5. The summed E-state index contributed by atoms with van der Waals surface area (Å²) in [6.45, 7) is 2.02. The second-order valence-electron chi connectivity index (χ2n) is 4.49. The monoisotopic (exact) mass is 293 g/mol. The number of halogens is 1. The van der Waals surface area contributed by atoms with Crippen molar-refractivity contribution in [2.45, 2.75) is 25.3 Å². The van der Waals surface area contributed by atoms with E-state index in [9.17, 15) is 4.79 Å². The molecule has 0 bridgehead atoms. The lowest BCUT2D eigenvalue weighted by Gasteiger charge is -2.13. The minimum Gasteiger partial charge on any atom is -0.349 e. The molecule has 0 radical (unpaired) electrons. The lowest BCUT2D eigenvalue weighted by atomic mass is 10.1. The van der Waals surface area contributed by atoms with Crippen LogP contribution >= 0.6 is 22.9 Å². The van der Waals surface area contributed by atoms with Crippen LogP contribution in [0.25, 0.3) is 0 Å². The normalized spacial score (nSPS) is 12.1. The third-order valence-corrected chi connectivity index (χ3v) is 4.02. The van der Waals surface area contributed by atoms with Gasteiger partial charge in [-0.1, -0.05) is 18.2 Å². The van der Waals surface area contributed by atoms with Crippen LogP contribution < -0.4 is 5.32 Å². The molecule has 0 fully saturated rings. The molecule has 1 heterocycles. The van der Waals surface area contributed by atoms with Crippen LogP contribution in [-0.2, 0) is 12.3 Å². The molecule has 2 aromatic rings. The predicted octanol–water partition coefficient (Wildman–Crippen LogP) is 3.85. The SMILES string of the molecule is CC(Cc1cccs1)NC(=O)c1cccc(CCl)c1. The topological polar surface area (TPSA) is 29.1 Å². The summed E-state index contributed by atoms with van der Waals surface area (Å²) in [5.41, 5.74) is 1.62. The van der Waals surface area contributed by atoms with Gasteiger partial charge in [-0.15, -0.1) is 22.9 Å². The van der Waals surface area contributed by atoms with Gasteiger partial charge >= 0.3 is 0 Å². The van der Waals surface area contributed by atoms with Crippen molar-refractivity contribution in [1.29, 1.82) is 0 Å². The van der Waals surface area contributed by atoms with E-state index >= 15 is 0 Å². The van der Waals surface area contributed by atoms with Crippen LogP contribution in [0.2, 0.25) is 0 Å². The average molecular weight is 294 g/mol. The second kappa shape index (κ2) is 6.73. The maximum absolute atomic E-state index is 12.1. The van der Waals surface area contributed by atoms with Gasteiger partial charge < -0.3 is 5.32 Å². The van der Waals surface area contributed by atoms with Crippen LogP contribution in [0, 0.1) is 0 Å². The molecule has 0 spiro atoms. The van der Waals surface area contributed by atoms with Crippen LogP contribution in [0.4, 0.5) is 0 Å². The molecular weight excluding hydrogens is 278 g/mol. The van der Waals surface area contributed by atoms with E-state index in [0.717, 1.165) is 12.0 Å². The summed E-state index contributed by atoms with van der Waals surface area (Å²) >= 11 is 7.49. The Morgan fingerprint density at radius 3 is 2.89 bits per heavy atom. The molecule has 1 aromatic carbocycles. The van der Waals surface area contributed by atoms with Crippen LogP contribution in [0.1, 0.15) is 27.7 Å². The lowest BCUT2D eigenvalue weighted by molar-refractivity contribution is 0.0940. The molecule has 19 heavy (non-hydrogen) atoms. The number of thiophene rings is 1. The highest BCUT2D eigenvalue weighted by molar-refractivity contribution is 7.09. The third kappa shape index (κ3) is 4.08. The molecule has 0 aliphatic rings. The number of carbonyl (C=O) groups excluding carboxylic acids is 1. The van der Waals surface area contributed by atoms with Gasteiger partial charge in [0.25, 0.3) is 5.91 Å². The first-order valence-corrected chi connectivity index (χ1v) is 7.58. The number of benzene rings is 1. The van der Waals surface area contributed by atoms with E-state index in [1.54, 1.807) is 11.3 Å². The fourth-order valence-corrected chi connectivity index (χ4v) is 2.89. The van der Waals surface area contributed by atoms with Crippen molar-refractivity contribution in [2.75, 3.05) is 0 Å². The molecule has 1 aromatic heterocycles. The second-order valence-corrected chi connectivity index (χ2v) is 5.79. The Bertz CT molecular complexity index is 539. The number of hydrogen-bond acceptors (Lipinski definition) is 2. The zero-order valence-corrected chi connectivity index (χ0v) is 12.3. The van der Waals surface area contributed by atoms with E-state index < -0.39 is 0 Å². The fourth-order valence-electron chi connectivity index (χ4n) is 1.88. The standard InChI is InChI=1S/C15H16ClNOS/c1-11(8-14-6-3-7-19-14)17-15(18)13-5-2-4-12(9-13)10-16/h2-7,9,11H,8,10H2,1H3,(H,17,18). The number of nitrogens with one attached hydrogen (secondary N) is 1. The maximum Gasteiger partial charge on any atom is 0.251 e. The summed E-state index contributed by atoms with van der Waals surface area (Å²) in [6.07, 6.45) is 0.860. The first kappa shape index (κ1) is 14.1. The van der Waals surface area contributed by atoms with Crippen molar-refractivity contribution in [3.8, 4) is 0 Å². The molecule has 2 nitrogen and oxygen atoms in total. The Morgan fingerprint density at radius 2 is 2.21 bits per heavy atom. The zero-order chi connectivity index (χ0) is 13.7. The van der Waals surface area contributed by atoms with Gasteiger partial charge in [0, 0.05) is 28.8 Å². The van der Waals surface area contributed by atoms with E-state index in [1.165, 1.54) is 4.88 Å². The fraction of sp³-hybridized carbons (Fsp3) is 0.267. The van der Waals surface area contributed by atoms with Gasteiger partial charge in [-0.05, 0) is 36.1 Å². The summed E-state index contributed by atoms with van der Waals surface area (Å²) in [4.78, 5) is 13.4. The molecular formula is C15H16ClNOS. The quantitative estimate of drug-likeness (QED) is 0.834. The highest BCUT2D eigenvalue weighted by atomic mass is 35.5. The summed E-state index contributed by atoms with van der Waals surface area (Å²) in [5, 5.41) is 5.06. The number of amides is 1. The smallest absolute Gasteiger partial charge is 0.251 e. The molecule has 0 saturated carbocycles. The maximum atomic E-state index is 12.1. The van der Waals surface area contributed by atoms with Gasteiger partial charge in [-0.25, -0.2) is 0 Å². The molecule has 0 saturated heterocycles. The molecule has 1 unspecified atom stereocenters. The van der Waals surface area contributed by atoms with Crippen LogP contribution in [0.3, 0.4) is 0 Å². The van der Waals surface area contributed by atoms with Crippen molar-refractivity contribution in [2.24, 2.45) is 0 Å². The summed E-state index contributed by atoms with van der Waals surface area (Å²) in [7, 11) is 0. The van der Waals surface area contributed by atoms with E-state index in [1.807, 2.05) is 42.6 Å². The highest BCUT2D eigenvalue weighted by Gasteiger charge is 2.11. The van der Waals surface area contributed by atoms with Gasteiger partial charge in [0.1, 0.15) is 0 Å². The molecule has 0 aliphatic carbocycles. The Balaban J connectivity index is 1.96. The molecule has 0 aliphatic heterocycles. The molecule has 1 amide bonds. The first-order valence-electron chi connectivity index (χ1n) is 6.17. The van der Waals surface area contributed by atoms with E-state index in [0.29, 0.717) is 11.4 Å². The van der Waals surface area contributed by atoms with E-state index in [4.69, 9.17) is 11.6 Å². The summed E-state index contributed by atoms with van der Waals surface area (Å²) < 4.78 is 0. The molecule has 100 valence electrons. The number of alkyl halides is 1. The predicted molar refractivity (Wildman–Crippen MR) is 81.0 cm³/mol. The molecule has 1 atom stereocenters. The summed E-state index contributed by atoms with van der Waals surface area (Å²) in [6, 6.07) is 11.6. The van der Waals surface area contributed by atoms with Crippen molar-refractivity contribution >= 4 is 28.8 Å². The van der Waals surface area contributed by atoms with Crippen molar-refractivity contribution in [3.63, 3.8) is 0 Å². The Kier molecular flexibility index (Phi) is 5.00. The van der Waals surface area contributed by atoms with Crippen molar-refractivity contribution in [1.82, 2.24) is 5.32 Å². The number of carbonyl (C=O) groups is 1. The van der Waals surface area contributed by atoms with Crippen molar-refractivity contribution < 1.29 is 4.79 Å². The molecule has 4 heteroatoms. The van der Waals surface area contributed by atoms with E-state index in [2.05, 4.69) is 11.4 Å². The van der Waals surface area contributed by atoms with Gasteiger partial charge in [-0.3, -0.25) is 4.79 Å². The molecule has 1 N–H and O–H groups in total. The molecule has 2 rings (SSSR count). The first-order chi connectivity index (χ1) is 9.19. The van der Waals surface area contributed by atoms with Crippen molar-refractivity contribution in [3.05, 3.63) is 57.8 Å². The van der Waals surface area contributed by atoms with Gasteiger partial charge in [-0.2, -0.15) is 0 Å². The number of hydrogen-bond donors (Lipinski definition) is 1. The van der Waals surface area contributed by atoms with Gasteiger partial charge in [0.2, 0.25) is 0 Å². The third-order valence-electron chi connectivity index (χ3n) is 2.81. The Labute approximate surface area is 122 Å². The zero-order valence-electron chi connectivity index (χ0n) is 10.7. The summed E-state index contributed by atoms with van der Waals surface area (Å²) in [5.74, 6) is 0.377. The van der Waals surface area contributed by atoms with Crippen LogP contribution in [0.15, 0.2) is 41.8 Å². The lowest BCUT2D eigenvalue weighted by Crippen LogP contribution is -2.33. The van der Waals surface area contributed by atoms with E-state index in [-0.39, 0.29) is 11.9 Å². The Morgan fingerprint density at radius 1 is 1.37 bits per heavy atom. The minimum absolute atomic E-state index is 0.0453. The Hall–Kier alpha value is -1.32. The average Bonchev–Trinajstić information content (AvgIpc) is 2.91. The van der Waals surface area contributed by atoms with Crippen LogP contribution in [0.5, 0.6) is 0 Å². The highest BCUT2D eigenvalue weighted by Crippen LogP contribution is 2.12. The van der Waals surface area contributed by atoms with Gasteiger partial charge in [0.05, 0.1) is 0 Å². The van der Waals surface area contributed by atoms with Crippen LogP contribution in [-0.4, -0.2) is 11.9 Å².